The summed E-state index contributed by atoms with van der Waals surface area (Å²) < 4.78 is 0. The average molecular weight is 146 g/mol. The molecule has 0 amide bonds. The largest absolute Gasteiger partial charge is 0.232 e. The fraction of sp³-hybridized carbons (Fsp3) is 0.143. The molecule has 0 atom stereocenters. The monoisotopic (exact) mass is 146 g/mol. The molecule has 0 unspecified atom stereocenters. The van der Waals surface area contributed by atoms with Crippen LogP contribution in [0.4, 0.5) is 0 Å². The minimum atomic E-state index is 0.595. The predicted molar refractivity (Wildman–Crippen MR) is 45.6 cm³/mol. The van der Waals surface area contributed by atoms with Gasteiger partial charge >= 0.3 is 0 Å². The minimum Gasteiger partial charge on any atom is -0.232 e. The first-order chi connectivity index (χ1) is 5.36. The summed E-state index contributed by atoms with van der Waals surface area (Å²) >= 11 is 0. The zero-order valence-electron chi connectivity index (χ0n) is 6.02. The van der Waals surface area contributed by atoms with Crippen molar-refractivity contribution in [2.45, 2.75) is 6.92 Å². The Bertz CT molecular complexity index is 316. The van der Waals surface area contributed by atoms with Crippen LogP contribution in [0.15, 0.2) is 31.6 Å². The highest BCUT2D eigenvalue weighted by Crippen LogP contribution is 2.15. The van der Waals surface area contributed by atoms with Crippen LogP contribution in [-0.2, 0) is 0 Å². The molecular weight excluding hydrogens is 140 g/mol. The second-order valence-electron chi connectivity index (χ2n) is 2.21. The zero-order chi connectivity index (χ0) is 7.68. The van der Waals surface area contributed by atoms with E-state index in [1.54, 1.807) is 18.6 Å². The molecule has 0 spiro atoms. The fourth-order valence-electron chi connectivity index (χ4n) is 0.844. The van der Waals surface area contributed by atoms with Gasteiger partial charge in [0.2, 0.25) is 0 Å². The molecule has 0 aliphatic carbocycles. The summed E-state index contributed by atoms with van der Waals surface area (Å²) in [6.45, 7) is 1.89. The van der Waals surface area contributed by atoms with E-state index in [1.165, 1.54) is 0 Å². The van der Waals surface area contributed by atoms with Crippen LogP contribution < -0.4 is 0 Å². The standard InChI is InChI=1S/C7H6N4/c1-5-4-10-7(11-5)6-8-2-3-9-6/h2-4H,1H3. The molecule has 2 aliphatic rings. The van der Waals surface area contributed by atoms with Gasteiger partial charge in [-0.2, -0.15) is 0 Å². The van der Waals surface area contributed by atoms with Gasteiger partial charge in [0.25, 0.3) is 0 Å². The second kappa shape index (κ2) is 2.23. The summed E-state index contributed by atoms with van der Waals surface area (Å²) in [4.78, 5) is 16.1. The SMILES string of the molecule is CC1=NC(=C2N=CC=N2)N=C1. The number of hydrogen-bond acceptors (Lipinski definition) is 4. The van der Waals surface area contributed by atoms with Crippen molar-refractivity contribution in [1.29, 1.82) is 0 Å². The van der Waals surface area contributed by atoms with Crippen LogP contribution in [0.2, 0.25) is 0 Å². The van der Waals surface area contributed by atoms with Crippen molar-refractivity contribution < 1.29 is 0 Å². The molecule has 0 saturated heterocycles. The Morgan fingerprint density at radius 3 is 2.27 bits per heavy atom. The normalized spacial score (nSPS) is 20.3. The van der Waals surface area contributed by atoms with Gasteiger partial charge in [0.05, 0.1) is 11.9 Å². The van der Waals surface area contributed by atoms with Gasteiger partial charge in [-0.15, -0.1) is 0 Å². The first-order valence-corrected chi connectivity index (χ1v) is 3.26. The summed E-state index contributed by atoms with van der Waals surface area (Å²) in [6.07, 6.45) is 4.95. The molecule has 0 bridgehead atoms. The van der Waals surface area contributed by atoms with Crippen LogP contribution in [0.1, 0.15) is 6.92 Å². The van der Waals surface area contributed by atoms with Gasteiger partial charge in [-0.3, -0.25) is 0 Å². The van der Waals surface area contributed by atoms with E-state index in [-0.39, 0.29) is 0 Å². The number of aliphatic imine (C=N–C) groups is 4. The summed E-state index contributed by atoms with van der Waals surface area (Å²) in [5, 5.41) is 0. The van der Waals surface area contributed by atoms with E-state index >= 15 is 0 Å². The molecule has 0 N–H and O–H groups in total. The van der Waals surface area contributed by atoms with Crippen LogP contribution in [0.3, 0.4) is 0 Å². The van der Waals surface area contributed by atoms with E-state index < -0.39 is 0 Å². The lowest BCUT2D eigenvalue weighted by Crippen LogP contribution is -1.82. The molecule has 0 aromatic rings. The Hall–Kier alpha value is -1.58. The molecular formula is C7H6N4. The van der Waals surface area contributed by atoms with Gasteiger partial charge in [-0.25, -0.2) is 20.0 Å². The van der Waals surface area contributed by atoms with Crippen molar-refractivity contribution in [3.05, 3.63) is 11.6 Å². The van der Waals surface area contributed by atoms with Gasteiger partial charge in [0.15, 0.2) is 11.6 Å². The lowest BCUT2D eigenvalue weighted by Gasteiger charge is -1.88. The molecule has 0 aromatic carbocycles. The summed E-state index contributed by atoms with van der Waals surface area (Å²) in [6, 6.07) is 0. The quantitative estimate of drug-likeness (QED) is 0.485. The van der Waals surface area contributed by atoms with E-state index in [4.69, 9.17) is 0 Å². The number of nitrogens with zero attached hydrogens (tertiary/aromatic N) is 4. The third kappa shape index (κ3) is 1.02. The van der Waals surface area contributed by atoms with E-state index in [1.807, 2.05) is 6.92 Å². The molecule has 0 aromatic heterocycles. The van der Waals surface area contributed by atoms with Gasteiger partial charge in [-0.05, 0) is 6.92 Å². The molecule has 11 heavy (non-hydrogen) atoms. The van der Waals surface area contributed by atoms with Crippen molar-refractivity contribution in [2.75, 3.05) is 0 Å². The Balaban J connectivity index is 2.44. The van der Waals surface area contributed by atoms with Crippen LogP contribution in [-0.4, -0.2) is 24.4 Å². The highest BCUT2D eigenvalue weighted by molar-refractivity contribution is 6.31. The minimum absolute atomic E-state index is 0.595. The lowest BCUT2D eigenvalue weighted by atomic mass is 10.5. The van der Waals surface area contributed by atoms with Crippen molar-refractivity contribution in [2.24, 2.45) is 20.0 Å². The Labute approximate surface area is 63.8 Å². The Kier molecular flexibility index (Phi) is 1.25. The van der Waals surface area contributed by atoms with Crippen molar-refractivity contribution in [3.63, 3.8) is 0 Å². The first kappa shape index (κ1) is 6.15. The van der Waals surface area contributed by atoms with E-state index in [0.717, 1.165) is 5.71 Å². The van der Waals surface area contributed by atoms with Crippen LogP contribution >= 0.6 is 0 Å². The summed E-state index contributed by atoms with van der Waals surface area (Å²) in [5.74, 6) is 1.20. The van der Waals surface area contributed by atoms with Crippen LogP contribution in [0, 0.1) is 0 Å². The lowest BCUT2D eigenvalue weighted by molar-refractivity contribution is 1.13. The Morgan fingerprint density at radius 2 is 1.73 bits per heavy atom. The third-order valence-corrected chi connectivity index (χ3v) is 1.32. The van der Waals surface area contributed by atoms with Crippen molar-refractivity contribution in [1.82, 2.24) is 0 Å². The summed E-state index contributed by atoms with van der Waals surface area (Å²) in [7, 11) is 0. The van der Waals surface area contributed by atoms with Gasteiger partial charge in [-0.1, -0.05) is 0 Å². The number of hydrogen-bond donors (Lipinski definition) is 0. The van der Waals surface area contributed by atoms with Gasteiger partial charge in [0, 0.05) is 12.4 Å². The maximum atomic E-state index is 4.12. The average Bonchev–Trinajstić information content (AvgIpc) is 2.55. The third-order valence-electron chi connectivity index (χ3n) is 1.32. The number of rotatable bonds is 0. The van der Waals surface area contributed by atoms with Crippen molar-refractivity contribution in [3.8, 4) is 0 Å². The Morgan fingerprint density at radius 1 is 1.00 bits per heavy atom. The van der Waals surface area contributed by atoms with E-state index in [9.17, 15) is 0 Å². The maximum absolute atomic E-state index is 4.12. The zero-order valence-corrected chi connectivity index (χ0v) is 6.02. The molecule has 2 aliphatic heterocycles. The topological polar surface area (TPSA) is 49.4 Å². The molecule has 4 heteroatoms. The first-order valence-electron chi connectivity index (χ1n) is 3.26. The molecule has 54 valence electrons. The molecule has 0 radical (unpaired) electrons. The highest BCUT2D eigenvalue weighted by atomic mass is 15.1. The maximum Gasteiger partial charge on any atom is 0.198 e. The molecule has 2 heterocycles. The molecule has 4 nitrogen and oxygen atoms in total. The van der Waals surface area contributed by atoms with Gasteiger partial charge < -0.3 is 0 Å². The van der Waals surface area contributed by atoms with E-state index in [0.29, 0.717) is 11.6 Å². The van der Waals surface area contributed by atoms with Crippen molar-refractivity contribution >= 4 is 24.4 Å². The van der Waals surface area contributed by atoms with Crippen LogP contribution in [0.25, 0.3) is 0 Å². The highest BCUT2D eigenvalue weighted by Gasteiger charge is 2.08. The second-order valence-corrected chi connectivity index (χ2v) is 2.21. The van der Waals surface area contributed by atoms with Gasteiger partial charge in [0.1, 0.15) is 0 Å². The molecule has 0 saturated carbocycles. The fourth-order valence-corrected chi connectivity index (χ4v) is 0.844. The predicted octanol–water partition coefficient (Wildman–Crippen LogP) is 0.814. The summed E-state index contributed by atoms with van der Waals surface area (Å²) in [5.41, 5.74) is 0.893. The molecule has 0 fully saturated rings. The molecule has 2 rings (SSSR count). The van der Waals surface area contributed by atoms with E-state index in [2.05, 4.69) is 20.0 Å². The van der Waals surface area contributed by atoms with Crippen LogP contribution in [0.5, 0.6) is 0 Å². The smallest absolute Gasteiger partial charge is 0.198 e.